The fraction of sp³-hybridized carbons (Fsp3) is 0.923. The van der Waals surface area contributed by atoms with Crippen molar-refractivity contribution in [1.29, 1.82) is 0 Å². The highest BCUT2D eigenvalue weighted by atomic mass is 32.2. The average Bonchev–Trinajstić information content (AvgIpc) is 2.60. The number of nitrogens with zero attached hydrogens (tertiary/aromatic N) is 2. The maximum atomic E-state index is 12.3. The van der Waals surface area contributed by atoms with E-state index < -0.39 is 10.0 Å². The number of carbonyl (C=O) groups is 1. The predicted octanol–water partition coefficient (Wildman–Crippen LogP) is 0.231. The molecule has 0 aliphatic carbocycles. The van der Waals surface area contributed by atoms with Gasteiger partial charge < -0.3 is 15.0 Å². The highest BCUT2D eigenvalue weighted by Gasteiger charge is 2.37. The van der Waals surface area contributed by atoms with Crippen molar-refractivity contribution >= 4 is 16.1 Å². The number of rotatable bonds is 2. The van der Waals surface area contributed by atoms with Gasteiger partial charge in [-0.1, -0.05) is 0 Å². The van der Waals surface area contributed by atoms with Crippen molar-refractivity contribution in [2.75, 3.05) is 39.0 Å². The van der Waals surface area contributed by atoms with Gasteiger partial charge in [0.15, 0.2) is 0 Å². The van der Waals surface area contributed by atoms with Crippen LogP contribution in [0.1, 0.15) is 26.7 Å². The zero-order chi connectivity index (χ0) is 15.7. The number of sulfonamides is 1. The maximum absolute atomic E-state index is 12.3. The average molecular weight is 319 g/mol. The van der Waals surface area contributed by atoms with E-state index in [0.29, 0.717) is 39.2 Å². The first-order valence-corrected chi connectivity index (χ1v) is 9.19. The molecular weight excluding hydrogens is 294 g/mol. The minimum Gasteiger partial charge on any atom is -0.373 e. The Morgan fingerprint density at radius 2 is 1.95 bits per heavy atom. The molecule has 0 saturated carbocycles. The molecule has 1 N–H and O–H groups in total. The molecule has 2 heterocycles. The van der Waals surface area contributed by atoms with Crippen LogP contribution in [0.25, 0.3) is 0 Å². The number of hydrogen-bond donors (Lipinski definition) is 1. The minimum atomic E-state index is -3.18. The Kier molecular flexibility index (Phi) is 4.79. The third-order valence-corrected chi connectivity index (χ3v) is 5.53. The monoisotopic (exact) mass is 319 g/mol. The molecule has 0 radical (unpaired) electrons. The van der Waals surface area contributed by atoms with Crippen LogP contribution in [0.5, 0.6) is 0 Å². The van der Waals surface area contributed by atoms with Gasteiger partial charge in [0.25, 0.3) is 0 Å². The number of hydrogen-bond acceptors (Lipinski definition) is 4. The van der Waals surface area contributed by atoms with E-state index in [4.69, 9.17) is 4.74 Å². The zero-order valence-corrected chi connectivity index (χ0v) is 13.8. The van der Waals surface area contributed by atoms with Gasteiger partial charge in [-0.25, -0.2) is 17.5 Å². The van der Waals surface area contributed by atoms with Crippen LogP contribution < -0.4 is 5.32 Å². The first-order valence-electron chi connectivity index (χ1n) is 7.35. The molecule has 7 nitrogen and oxygen atoms in total. The van der Waals surface area contributed by atoms with Crippen molar-refractivity contribution in [2.24, 2.45) is 0 Å². The topological polar surface area (TPSA) is 79.0 Å². The maximum Gasteiger partial charge on any atom is 0.317 e. The Balaban J connectivity index is 1.92. The molecule has 8 heteroatoms. The molecule has 0 aromatic heterocycles. The van der Waals surface area contributed by atoms with E-state index in [9.17, 15) is 13.2 Å². The van der Waals surface area contributed by atoms with Crippen LogP contribution in [-0.2, 0) is 14.8 Å². The van der Waals surface area contributed by atoms with E-state index in [1.807, 2.05) is 13.8 Å². The fourth-order valence-electron chi connectivity index (χ4n) is 2.80. The van der Waals surface area contributed by atoms with Crippen LogP contribution in [0.2, 0.25) is 0 Å². The SMILES string of the molecule is CC1(C)OCCC1NC(=O)N1CCCN(S(C)(=O)=O)CC1. The van der Waals surface area contributed by atoms with Gasteiger partial charge in [-0.2, -0.15) is 0 Å². The van der Waals surface area contributed by atoms with Crippen LogP contribution >= 0.6 is 0 Å². The molecule has 2 saturated heterocycles. The van der Waals surface area contributed by atoms with E-state index in [2.05, 4.69) is 5.32 Å². The standard InChI is InChI=1S/C13H25N3O4S/c1-13(2)11(5-10-20-13)14-12(17)15-6-4-7-16(9-8-15)21(3,18)19/h11H,4-10H2,1-3H3,(H,14,17). The van der Waals surface area contributed by atoms with Crippen molar-refractivity contribution in [3.8, 4) is 0 Å². The smallest absolute Gasteiger partial charge is 0.317 e. The summed E-state index contributed by atoms with van der Waals surface area (Å²) in [5, 5.41) is 3.01. The second kappa shape index (κ2) is 6.10. The molecule has 0 aromatic carbocycles. The second-order valence-electron chi connectivity index (χ2n) is 6.25. The summed E-state index contributed by atoms with van der Waals surface area (Å²) in [6.07, 6.45) is 2.67. The van der Waals surface area contributed by atoms with Gasteiger partial charge in [0.1, 0.15) is 0 Å². The Morgan fingerprint density at radius 1 is 1.24 bits per heavy atom. The summed E-state index contributed by atoms with van der Waals surface area (Å²) in [6.45, 7) is 6.42. The Hall–Kier alpha value is -0.860. The fourth-order valence-corrected chi connectivity index (χ4v) is 3.68. The summed E-state index contributed by atoms with van der Waals surface area (Å²) < 4.78 is 30.2. The lowest BCUT2D eigenvalue weighted by Gasteiger charge is -2.29. The molecule has 1 unspecified atom stereocenters. The normalized spacial score (nSPS) is 27.4. The molecule has 2 rings (SSSR count). The third-order valence-electron chi connectivity index (χ3n) is 4.23. The highest BCUT2D eigenvalue weighted by Crippen LogP contribution is 2.25. The quantitative estimate of drug-likeness (QED) is 0.790. The molecule has 0 bridgehead atoms. The van der Waals surface area contributed by atoms with Gasteiger partial charge in [-0.05, 0) is 26.7 Å². The largest absolute Gasteiger partial charge is 0.373 e. The summed E-state index contributed by atoms with van der Waals surface area (Å²) in [5.74, 6) is 0. The molecule has 2 amide bonds. The van der Waals surface area contributed by atoms with Gasteiger partial charge in [-0.3, -0.25) is 0 Å². The van der Waals surface area contributed by atoms with Crippen molar-refractivity contribution in [3.63, 3.8) is 0 Å². The Morgan fingerprint density at radius 3 is 2.52 bits per heavy atom. The molecule has 21 heavy (non-hydrogen) atoms. The van der Waals surface area contributed by atoms with Crippen molar-refractivity contribution in [3.05, 3.63) is 0 Å². The lowest BCUT2D eigenvalue weighted by Crippen LogP contribution is -2.51. The Bertz CT molecular complexity index is 492. The summed E-state index contributed by atoms with van der Waals surface area (Å²) in [6, 6.07) is -0.131. The number of urea groups is 1. The van der Waals surface area contributed by atoms with Crippen LogP contribution in [0, 0.1) is 0 Å². The van der Waals surface area contributed by atoms with Crippen LogP contribution in [-0.4, -0.2) is 74.3 Å². The van der Waals surface area contributed by atoms with E-state index in [1.54, 1.807) is 4.90 Å². The summed E-state index contributed by atoms with van der Waals surface area (Å²) in [7, 11) is -3.18. The highest BCUT2D eigenvalue weighted by molar-refractivity contribution is 7.88. The zero-order valence-electron chi connectivity index (χ0n) is 13.0. The predicted molar refractivity (Wildman–Crippen MR) is 79.6 cm³/mol. The van der Waals surface area contributed by atoms with E-state index in [0.717, 1.165) is 6.42 Å². The summed E-state index contributed by atoms with van der Waals surface area (Å²) in [5.41, 5.74) is -0.347. The lowest BCUT2D eigenvalue weighted by atomic mass is 9.99. The van der Waals surface area contributed by atoms with Crippen molar-refractivity contribution < 1.29 is 17.9 Å². The first-order chi connectivity index (χ1) is 9.70. The minimum absolute atomic E-state index is 0.000682. The number of carbonyl (C=O) groups excluding carboxylic acids is 1. The summed E-state index contributed by atoms with van der Waals surface area (Å²) in [4.78, 5) is 14.0. The first kappa shape index (κ1) is 16.5. The van der Waals surface area contributed by atoms with E-state index >= 15 is 0 Å². The van der Waals surface area contributed by atoms with E-state index in [-0.39, 0.29) is 17.7 Å². The molecule has 2 aliphatic rings. The second-order valence-corrected chi connectivity index (χ2v) is 8.23. The van der Waals surface area contributed by atoms with Gasteiger partial charge in [-0.15, -0.1) is 0 Å². The van der Waals surface area contributed by atoms with Crippen LogP contribution in [0.3, 0.4) is 0 Å². The van der Waals surface area contributed by atoms with Gasteiger partial charge in [0.05, 0.1) is 17.9 Å². The molecule has 1 atom stereocenters. The number of amides is 2. The molecule has 2 aliphatic heterocycles. The van der Waals surface area contributed by atoms with Gasteiger partial charge in [0.2, 0.25) is 10.0 Å². The van der Waals surface area contributed by atoms with Gasteiger partial charge in [0, 0.05) is 32.8 Å². The molecular formula is C13H25N3O4S. The van der Waals surface area contributed by atoms with E-state index in [1.165, 1.54) is 10.6 Å². The number of nitrogens with one attached hydrogen (secondary N) is 1. The summed E-state index contributed by atoms with van der Waals surface area (Å²) >= 11 is 0. The molecule has 0 spiro atoms. The van der Waals surface area contributed by atoms with Crippen LogP contribution in [0.15, 0.2) is 0 Å². The van der Waals surface area contributed by atoms with Crippen molar-refractivity contribution in [2.45, 2.75) is 38.3 Å². The van der Waals surface area contributed by atoms with Crippen molar-refractivity contribution in [1.82, 2.24) is 14.5 Å². The number of ether oxygens (including phenoxy) is 1. The Labute approximate surface area is 126 Å². The lowest BCUT2D eigenvalue weighted by molar-refractivity contribution is 0.0226. The van der Waals surface area contributed by atoms with Crippen LogP contribution in [0.4, 0.5) is 4.79 Å². The van der Waals surface area contributed by atoms with Gasteiger partial charge >= 0.3 is 6.03 Å². The molecule has 2 fully saturated rings. The third kappa shape index (κ3) is 4.08. The molecule has 0 aromatic rings. The molecule has 122 valence electrons.